The highest BCUT2D eigenvalue weighted by Gasteiger charge is 2.38. The molecule has 1 aromatic rings. The van der Waals surface area contributed by atoms with Gasteiger partial charge in [-0.05, 0) is 37.6 Å². The summed E-state index contributed by atoms with van der Waals surface area (Å²) in [5.74, 6) is 0.347. The summed E-state index contributed by atoms with van der Waals surface area (Å²) in [6.45, 7) is 4.16. The Hall–Kier alpha value is -2.06. The summed E-state index contributed by atoms with van der Waals surface area (Å²) in [6, 6.07) is 7.65. The molecule has 0 aromatic heterocycles. The van der Waals surface area contributed by atoms with Crippen LogP contribution in [0.25, 0.3) is 0 Å². The van der Waals surface area contributed by atoms with Gasteiger partial charge in [-0.25, -0.2) is 0 Å². The Balaban J connectivity index is 2.09. The molecule has 5 heteroatoms. The van der Waals surface area contributed by atoms with Crippen LogP contribution in [0.5, 0.6) is 5.75 Å². The van der Waals surface area contributed by atoms with E-state index in [2.05, 4.69) is 11.0 Å². The second-order valence-electron chi connectivity index (χ2n) is 5.53. The Kier molecular flexibility index (Phi) is 3.96. The van der Waals surface area contributed by atoms with Gasteiger partial charge in [-0.15, -0.1) is 0 Å². The van der Waals surface area contributed by atoms with Crippen LogP contribution in [0.3, 0.4) is 0 Å². The van der Waals surface area contributed by atoms with Crippen molar-refractivity contribution in [3.63, 3.8) is 0 Å². The van der Waals surface area contributed by atoms with Crippen molar-refractivity contribution in [2.24, 2.45) is 11.1 Å². The van der Waals surface area contributed by atoms with Gasteiger partial charge in [-0.3, -0.25) is 9.69 Å². The molecule has 1 saturated heterocycles. The normalized spacial score (nSPS) is 22.4. The van der Waals surface area contributed by atoms with Crippen LogP contribution < -0.4 is 10.5 Å². The number of ether oxygens (including phenoxy) is 1. The topological polar surface area (TPSA) is 79.3 Å². The first kappa shape index (κ1) is 14.4. The Morgan fingerprint density at radius 2 is 2.35 bits per heavy atom. The zero-order valence-corrected chi connectivity index (χ0v) is 11.8. The maximum atomic E-state index is 11.4. The van der Waals surface area contributed by atoms with Crippen molar-refractivity contribution in [3.8, 4) is 11.8 Å². The van der Waals surface area contributed by atoms with Crippen LogP contribution in [0.15, 0.2) is 18.2 Å². The number of nitrogens with two attached hydrogens (primary N) is 1. The number of carbonyl (C=O) groups is 1. The maximum absolute atomic E-state index is 11.4. The monoisotopic (exact) mass is 273 g/mol. The molecule has 0 radical (unpaired) electrons. The number of nitriles is 1. The molecule has 5 nitrogen and oxygen atoms in total. The minimum absolute atomic E-state index is 0.239. The van der Waals surface area contributed by atoms with Gasteiger partial charge >= 0.3 is 0 Å². The van der Waals surface area contributed by atoms with Crippen molar-refractivity contribution in [2.45, 2.75) is 19.9 Å². The molecular formula is C15H19N3O2. The van der Waals surface area contributed by atoms with E-state index in [4.69, 9.17) is 15.7 Å². The minimum atomic E-state index is -0.434. The van der Waals surface area contributed by atoms with E-state index < -0.39 is 5.41 Å². The van der Waals surface area contributed by atoms with Gasteiger partial charge in [0, 0.05) is 13.1 Å². The summed E-state index contributed by atoms with van der Waals surface area (Å²) < 4.78 is 5.21. The lowest BCUT2D eigenvalue weighted by Crippen LogP contribution is -2.36. The quantitative estimate of drug-likeness (QED) is 0.895. The first-order valence-electron chi connectivity index (χ1n) is 6.58. The Labute approximate surface area is 118 Å². The van der Waals surface area contributed by atoms with Crippen LogP contribution in [-0.4, -0.2) is 31.0 Å². The molecule has 0 saturated carbocycles. The average molecular weight is 273 g/mol. The van der Waals surface area contributed by atoms with Gasteiger partial charge in [0.1, 0.15) is 11.8 Å². The van der Waals surface area contributed by atoms with Crippen LogP contribution in [0.1, 0.15) is 24.5 Å². The summed E-state index contributed by atoms with van der Waals surface area (Å²) in [4.78, 5) is 13.6. The second-order valence-corrected chi connectivity index (χ2v) is 5.53. The molecule has 1 aromatic carbocycles. The third kappa shape index (κ3) is 2.75. The summed E-state index contributed by atoms with van der Waals surface area (Å²) in [5, 5.41) is 8.96. The van der Waals surface area contributed by atoms with E-state index in [9.17, 15) is 4.79 Å². The fourth-order valence-corrected chi connectivity index (χ4v) is 2.58. The van der Waals surface area contributed by atoms with E-state index in [1.54, 1.807) is 13.2 Å². The number of amides is 1. The molecule has 2 N–H and O–H groups in total. The van der Waals surface area contributed by atoms with Gasteiger partial charge < -0.3 is 10.5 Å². The molecular weight excluding hydrogens is 254 g/mol. The maximum Gasteiger partial charge on any atom is 0.224 e. The highest BCUT2D eigenvalue weighted by molar-refractivity contribution is 5.81. The van der Waals surface area contributed by atoms with Crippen LogP contribution >= 0.6 is 0 Å². The average Bonchev–Trinajstić information content (AvgIpc) is 2.81. The number of methoxy groups -OCH3 is 1. The molecule has 1 amide bonds. The molecule has 1 unspecified atom stereocenters. The first-order valence-corrected chi connectivity index (χ1v) is 6.58. The van der Waals surface area contributed by atoms with Crippen molar-refractivity contribution in [1.29, 1.82) is 5.26 Å². The Morgan fingerprint density at radius 3 is 2.90 bits per heavy atom. The zero-order chi connectivity index (χ0) is 14.8. The number of nitrogens with zero attached hydrogens (tertiary/aromatic N) is 2. The van der Waals surface area contributed by atoms with Gasteiger partial charge in [0.05, 0.1) is 18.1 Å². The van der Waals surface area contributed by atoms with Gasteiger partial charge in [0.25, 0.3) is 0 Å². The number of benzene rings is 1. The summed E-state index contributed by atoms with van der Waals surface area (Å²) in [5.41, 5.74) is 6.61. The molecule has 106 valence electrons. The number of primary amides is 1. The van der Waals surface area contributed by atoms with Crippen molar-refractivity contribution >= 4 is 5.91 Å². The third-order valence-electron chi connectivity index (χ3n) is 3.94. The van der Waals surface area contributed by atoms with E-state index in [1.807, 2.05) is 19.1 Å². The molecule has 1 aliphatic heterocycles. The second kappa shape index (κ2) is 5.51. The van der Waals surface area contributed by atoms with Gasteiger partial charge in [-0.2, -0.15) is 5.26 Å². The van der Waals surface area contributed by atoms with Gasteiger partial charge in [0.2, 0.25) is 5.91 Å². The van der Waals surface area contributed by atoms with Crippen molar-refractivity contribution in [3.05, 3.63) is 29.3 Å². The van der Waals surface area contributed by atoms with Crippen molar-refractivity contribution < 1.29 is 9.53 Å². The summed E-state index contributed by atoms with van der Waals surface area (Å²) in [6.07, 6.45) is 0.787. The third-order valence-corrected chi connectivity index (χ3v) is 3.94. The molecule has 0 spiro atoms. The van der Waals surface area contributed by atoms with E-state index in [1.165, 1.54) is 0 Å². The number of carbonyl (C=O) groups excluding carboxylic acids is 1. The van der Waals surface area contributed by atoms with Gasteiger partial charge in [0.15, 0.2) is 0 Å². The minimum Gasteiger partial charge on any atom is -0.495 e. The lowest BCUT2D eigenvalue weighted by atomic mass is 9.89. The Morgan fingerprint density at radius 1 is 1.60 bits per heavy atom. The number of hydrogen-bond acceptors (Lipinski definition) is 4. The van der Waals surface area contributed by atoms with Crippen molar-refractivity contribution in [1.82, 2.24) is 4.90 Å². The molecule has 20 heavy (non-hydrogen) atoms. The molecule has 1 heterocycles. The van der Waals surface area contributed by atoms with Crippen molar-refractivity contribution in [2.75, 3.05) is 20.2 Å². The molecule has 0 aliphatic carbocycles. The lowest BCUT2D eigenvalue weighted by molar-refractivity contribution is -0.126. The Bertz CT molecular complexity index is 565. The van der Waals surface area contributed by atoms with E-state index >= 15 is 0 Å². The molecule has 1 aliphatic rings. The van der Waals surface area contributed by atoms with Crippen LogP contribution in [0.4, 0.5) is 0 Å². The lowest BCUT2D eigenvalue weighted by Gasteiger charge is -2.21. The molecule has 0 bridgehead atoms. The fraction of sp³-hybridized carbons (Fsp3) is 0.467. The highest BCUT2D eigenvalue weighted by Crippen LogP contribution is 2.31. The molecule has 2 rings (SSSR count). The SMILES string of the molecule is COc1cc(CN2CCC(C)(C(N)=O)C2)ccc1C#N. The standard InChI is InChI=1S/C15H19N3O2/c1-15(14(17)19)5-6-18(10-15)9-11-3-4-12(8-16)13(7-11)20-2/h3-4,7H,5-6,9-10H2,1-2H3,(H2,17,19). The van der Waals surface area contributed by atoms with Crippen LogP contribution in [0, 0.1) is 16.7 Å². The predicted octanol–water partition coefficient (Wildman–Crippen LogP) is 1.26. The summed E-state index contributed by atoms with van der Waals surface area (Å²) >= 11 is 0. The van der Waals surface area contributed by atoms with Crippen LogP contribution in [0.2, 0.25) is 0 Å². The first-order chi connectivity index (χ1) is 9.48. The van der Waals surface area contributed by atoms with E-state index in [0.717, 1.165) is 25.1 Å². The highest BCUT2D eigenvalue weighted by atomic mass is 16.5. The largest absolute Gasteiger partial charge is 0.495 e. The molecule has 1 atom stereocenters. The molecule has 1 fully saturated rings. The van der Waals surface area contributed by atoms with Crippen LogP contribution in [-0.2, 0) is 11.3 Å². The zero-order valence-electron chi connectivity index (χ0n) is 11.8. The van der Waals surface area contributed by atoms with Gasteiger partial charge in [-0.1, -0.05) is 6.07 Å². The number of rotatable bonds is 4. The fourth-order valence-electron chi connectivity index (χ4n) is 2.58. The smallest absolute Gasteiger partial charge is 0.224 e. The number of hydrogen-bond donors (Lipinski definition) is 1. The number of likely N-dealkylation sites (tertiary alicyclic amines) is 1. The van der Waals surface area contributed by atoms with E-state index in [0.29, 0.717) is 17.9 Å². The van der Waals surface area contributed by atoms with E-state index in [-0.39, 0.29) is 5.91 Å². The predicted molar refractivity (Wildman–Crippen MR) is 74.9 cm³/mol. The summed E-state index contributed by atoms with van der Waals surface area (Å²) in [7, 11) is 1.56.